The molecule has 0 aliphatic heterocycles. The minimum absolute atomic E-state index is 0.0701. The fourth-order valence-corrected chi connectivity index (χ4v) is 1.02. The number of allylic oxidation sites excluding steroid dienone is 2. The van der Waals surface area contributed by atoms with Crippen molar-refractivity contribution in [3.8, 4) is 0 Å². The van der Waals surface area contributed by atoms with Crippen LogP contribution in [0.3, 0.4) is 0 Å². The van der Waals surface area contributed by atoms with E-state index in [2.05, 4.69) is 0 Å². The Kier molecular flexibility index (Phi) is 4.65. The molecule has 0 aliphatic rings. The Morgan fingerprint density at radius 1 is 1.40 bits per heavy atom. The van der Waals surface area contributed by atoms with E-state index in [4.69, 9.17) is 11.6 Å². The summed E-state index contributed by atoms with van der Waals surface area (Å²) in [6.45, 7) is 3.06. The molecule has 0 radical (unpaired) electrons. The van der Waals surface area contributed by atoms with Gasteiger partial charge in [0.15, 0.2) is 0 Å². The van der Waals surface area contributed by atoms with E-state index in [0.29, 0.717) is 0 Å². The maximum atomic E-state index is 12.0. The highest BCUT2D eigenvalue weighted by atomic mass is 35.5. The molecule has 0 amide bonds. The van der Waals surface area contributed by atoms with Crippen LogP contribution in [0.2, 0.25) is 0 Å². The standard InChI is InChI=1S/C9H12ClF3O2/c1-8(2,5-7(14)15)4-3-6(10)9(11,12)13/h3H,4-5H2,1-2H3,(H,14,15)/p-1/b6-3-. The zero-order valence-corrected chi connectivity index (χ0v) is 9.08. The third kappa shape index (κ3) is 6.38. The van der Waals surface area contributed by atoms with Crippen molar-refractivity contribution in [2.45, 2.75) is 32.9 Å². The summed E-state index contributed by atoms with van der Waals surface area (Å²) in [7, 11) is 0. The van der Waals surface area contributed by atoms with Gasteiger partial charge in [0.05, 0.1) is 0 Å². The number of carboxylic acid groups (broad SMARTS) is 1. The van der Waals surface area contributed by atoms with E-state index in [1.165, 1.54) is 13.8 Å². The Bertz CT molecular complexity index is 269. The molecule has 0 aromatic heterocycles. The van der Waals surface area contributed by atoms with E-state index >= 15 is 0 Å². The Hall–Kier alpha value is -0.710. The highest BCUT2D eigenvalue weighted by molar-refractivity contribution is 6.30. The molecule has 6 heteroatoms. The van der Waals surface area contributed by atoms with Crippen LogP contribution in [0, 0.1) is 5.41 Å². The molecule has 0 aliphatic carbocycles. The minimum atomic E-state index is -4.57. The lowest BCUT2D eigenvalue weighted by molar-refractivity contribution is -0.307. The van der Waals surface area contributed by atoms with Gasteiger partial charge in [0.1, 0.15) is 5.03 Å². The molecule has 0 rings (SSSR count). The highest BCUT2D eigenvalue weighted by Gasteiger charge is 2.32. The van der Waals surface area contributed by atoms with Gasteiger partial charge in [-0.3, -0.25) is 0 Å². The fraction of sp³-hybridized carbons (Fsp3) is 0.667. The third-order valence-corrected chi connectivity index (χ3v) is 2.10. The van der Waals surface area contributed by atoms with Crippen LogP contribution >= 0.6 is 11.6 Å². The normalized spacial score (nSPS) is 14.1. The average Bonchev–Trinajstić information content (AvgIpc) is 1.95. The van der Waals surface area contributed by atoms with Crippen LogP contribution in [-0.4, -0.2) is 12.1 Å². The van der Waals surface area contributed by atoms with Gasteiger partial charge in [-0.15, -0.1) is 0 Å². The monoisotopic (exact) mass is 243 g/mol. The van der Waals surface area contributed by atoms with Gasteiger partial charge in [0.2, 0.25) is 0 Å². The first-order valence-corrected chi connectivity index (χ1v) is 4.55. The van der Waals surface area contributed by atoms with Gasteiger partial charge in [-0.1, -0.05) is 31.5 Å². The summed E-state index contributed by atoms with van der Waals surface area (Å²) in [6.07, 6.45) is -4.17. The maximum Gasteiger partial charge on any atom is 0.426 e. The second-order valence-corrected chi connectivity index (χ2v) is 4.37. The number of hydrogen-bond donors (Lipinski definition) is 0. The Balaban J connectivity index is 4.43. The van der Waals surface area contributed by atoms with Crippen molar-refractivity contribution < 1.29 is 23.1 Å². The molecule has 0 aromatic carbocycles. The molecule has 0 spiro atoms. The average molecular weight is 244 g/mol. The third-order valence-electron chi connectivity index (χ3n) is 1.73. The van der Waals surface area contributed by atoms with Crippen molar-refractivity contribution in [2.24, 2.45) is 5.41 Å². The van der Waals surface area contributed by atoms with Crippen molar-refractivity contribution in [1.82, 2.24) is 0 Å². The zero-order valence-electron chi connectivity index (χ0n) is 8.32. The smallest absolute Gasteiger partial charge is 0.426 e. The van der Waals surface area contributed by atoms with E-state index in [0.717, 1.165) is 6.08 Å². The van der Waals surface area contributed by atoms with Gasteiger partial charge < -0.3 is 9.90 Å². The van der Waals surface area contributed by atoms with Crippen LogP contribution in [0.1, 0.15) is 26.7 Å². The fourth-order valence-electron chi connectivity index (χ4n) is 0.945. The molecule has 0 N–H and O–H groups in total. The molecule has 15 heavy (non-hydrogen) atoms. The molecule has 0 saturated heterocycles. The summed E-state index contributed by atoms with van der Waals surface area (Å²) in [5.41, 5.74) is -0.801. The Labute approximate surface area is 90.7 Å². The van der Waals surface area contributed by atoms with Crippen LogP contribution in [0.25, 0.3) is 0 Å². The second-order valence-electron chi connectivity index (χ2n) is 3.97. The Morgan fingerprint density at radius 3 is 2.20 bits per heavy atom. The number of carbonyl (C=O) groups is 1. The van der Waals surface area contributed by atoms with Crippen LogP contribution in [-0.2, 0) is 4.79 Å². The van der Waals surface area contributed by atoms with E-state index in [1.54, 1.807) is 0 Å². The first-order chi connectivity index (χ1) is 6.54. The van der Waals surface area contributed by atoms with Gasteiger partial charge in [-0.2, -0.15) is 13.2 Å². The van der Waals surface area contributed by atoms with Crippen molar-refractivity contribution in [2.75, 3.05) is 0 Å². The molecular formula is C9H11ClF3O2-. The van der Waals surface area contributed by atoms with Crippen LogP contribution < -0.4 is 5.11 Å². The van der Waals surface area contributed by atoms with Crippen LogP contribution in [0.5, 0.6) is 0 Å². The molecule has 0 atom stereocenters. The van der Waals surface area contributed by atoms with Gasteiger partial charge in [0, 0.05) is 5.97 Å². The molecule has 0 unspecified atom stereocenters. The number of aliphatic carboxylic acids is 1. The summed E-state index contributed by atoms with van der Waals surface area (Å²) in [4.78, 5) is 10.3. The number of halogens is 4. The molecule has 0 heterocycles. The van der Waals surface area contributed by atoms with Gasteiger partial charge in [-0.05, 0) is 18.3 Å². The topological polar surface area (TPSA) is 40.1 Å². The number of carbonyl (C=O) groups excluding carboxylic acids is 1. The van der Waals surface area contributed by atoms with Crippen molar-refractivity contribution >= 4 is 17.6 Å². The van der Waals surface area contributed by atoms with Crippen LogP contribution in [0.15, 0.2) is 11.1 Å². The lowest BCUT2D eigenvalue weighted by Gasteiger charge is -2.23. The summed E-state index contributed by atoms with van der Waals surface area (Å²) in [6, 6.07) is 0. The zero-order chi connectivity index (χ0) is 12.3. The first kappa shape index (κ1) is 14.3. The molecule has 0 fully saturated rings. The predicted molar refractivity (Wildman–Crippen MR) is 48.0 cm³/mol. The van der Waals surface area contributed by atoms with Crippen LogP contribution in [0.4, 0.5) is 13.2 Å². The molecule has 2 nitrogen and oxygen atoms in total. The molecule has 0 aromatic rings. The lowest BCUT2D eigenvalue weighted by atomic mass is 9.85. The summed E-state index contributed by atoms with van der Waals surface area (Å²) < 4.78 is 35.9. The van der Waals surface area contributed by atoms with E-state index in [1.807, 2.05) is 0 Å². The number of rotatable bonds is 4. The largest absolute Gasteiger partial charge is 0.550 e. The maximum absolute atomic E-state index is 12.0. The highest BCUT2D eigenvalue weighted by Crippen LogP contribution is 2.32. The van der Waals surface area contributed by atoms with E-state index < -0.39 is 22.6 Å². The number of hydrogen-bond acceptors (Lipinski definition) is 2. The van der Waals surface area contributed by atoms with Gasteiger partial charge in [-0.25, -0.2) is 0 Å². The molecular weight excluding hydrogens is 233 g/mol. The Morgan fingerprint density at radius 2 is 1.87 bits per heavy atom. The second kappa shape index (κ2) is 4.88. The predicted octanol–water partition coefficient (Wildman–Crippen LogP) is 2.23. The summed E-state index contributed by atoms with van der Waals surface area (Å²) >= 11 is 4.97. The van der Waals surface area contributed by atoms with Gasteiger partial charge >= 0.3 is 6.18 Å². The summed E-state index contributed by atoms with van der Waals surface area (Å²) in [5, 5.41) is 9.04. The van der Waals surface area contributed by atoms with Crippen molar-refractivity contribution in [3.63, 3.8) is 0 Å². The molecule has 0 saturated carbocycles. The van der Waals surface area contributed by atoms with E-state index in [9.17, 15) is 23.1 Å². The SMILES string of the molecule is CC(C)(C/C=C(\Cl)C(F)(F)F)CC(=O)[O-]. The van der Waals surface area contributed by atoms with E-state index in [-0.39, 0.29) is 12.8 Å². The molecule has 88 valence electrons. The number of alkyl halides is 3. The lowest BCUT2D eigenvalue weighted by Crippen LogP contribution is -2.28. The molecule has 0 bridgehead atoms. The first-order valence-electron chi connectivity index (χ1n) is 4.17. The summed E-state index contributed by atoms with van der Waals surface area (Å²) in [5.74, 6) is -1.29. The van der Waals surface area contributed by atoms with Crippen molar-refractivity contribution in [3.05, 3.63) is 11.1 Å². The minimum Gasteiger partial charge on any atom is -0.550 e. The van der Waals surface area contributed by atoms with Crippen molar-refractivity contribution in [1.29, 1.82) is 0 Å². The number of carboxylic acids is 1. The van der Waals surface area contributed by atoms with Gasteiger partial charge in [0.25, 0.3) is 0 Å². The quantitative estimate of drug-likeness (QED) is 0.760.